The van der Waals surface area contributed by atoms with E-state index in [2.05, 4.69) is 21.6 Å². The predicted molar refractivity (Wildman–Crippen MR) is 95.1 cm³/mol. The lowest BCUT2D eigenvalue weighted by molar-refractivity contribution is 0.155. The highest BCUT2D eigenvalue weighted by molar-refractivity contribution is 5.93. The summed E-state index contributed by atoms with van der Waals surface area (Å²) >= 11 is 0. The zero-order chi connectivity index (χ0) is 16.7. The first-order valence-electron chi connectivity index (χ1n) is 8.68. The molecule has 2 rings (SSSR count). The van der Waals surface area contributed by atoms with Gasteiger partial charge in [-0.05, 0) is 44.2 Å². The number of hydrogen-bond acceptors (Lipinski definition) is 3. The van der Waals surface area contributed by atoms with Gasteiger partial charge in [0.15, 0.2) is 0 Å². The van der Waals surface area contributed by atoms with Crippen LogP contribution in [0.4, 0.5) is 16.2 Å². The first kappa shape index (κ1) is 17.6. The summed E-state index contributed by atoms with van der Waals surface area (Å²) < 4.78 is 0. The molecule has 0 atom stereocenters. The molecule has 1 aliphatic heterocycles. The minimum absolute atomic E-state index is 0.0544. The second-order valence-electron chi connectivity index (χ2n) is 6.29. The molecule has 0 bridgehead atoms. The fraction of sp³-hybridized carbons (Fsp3) is 0.611. The number of nitrogens with zero attached hydrogens (tertiary/aromatic N) is 1. The van der Waals surface area contributed by atoms with E-state index < -0.39 is 5.54 Å². The van der Waals surface area contributed by atoms with Crippen LogP contribution in [0, 0.1) is 0 Å². The van der Waals surface area contributed by atoms with E-state index in [0.717, 1.165) is 24.5 Å². The standard InChI is InChI=1S/C18H29N3O2/c1-3-18(4-2,14-22)20-17(23)19-15-10-6-7-11-16(15)21-12-8-5-9-13-21/h6-7,10-11,22H,3-5,8-9,12-14H2,1-2H3,(H2,19,20,23). The van der Waals surface area contributed by atoms with Crippen LogP contribution >= 0.6 is 0 Å². The van der Waals surface area contributed by atoms with Crippen molar-refractivity contribution in [2.45, 2.75) is 51.5 Å². The smallest absolute Gasteiger partial charge is 0.319 e. The minimum Gasteiger partial charge on any atom is -0.394 e. The van der Waals surface area contributed by atoms with Crippen LogP contribution < -0.4 is 15.5 Å². The first-order valence-corrected chi connectivity index (χ1v) is 8.68. The molecule has 23 heavy (non-hydrogen) atoms. The van der Waals surface area contributed by atoms with Gasteiger partial charge in [-0.15, -0.1) is 0 Å². The normalized spacial score (nSPS) is 15.3. The zero-order valence-electron chi connectivity index (χ0n) is 14.3. The Bertz CT molecular complexity index is 500. The number of aliphatic hydroxyl groups excluding tert-OH is 1. The van der Waals surface area contributed by atoms with Gasteiger partial charge in [0.2, 0.25) is 0 Å². The lowest BCUT2D eigenvalue weighted by Crippen LogP contribution is -2.52. The van der Waals surface area contributed by atoms with Gasteiger partial charge in [-0.1, -0.05) is 26.0 Å². The molecule has 128 valence electrons. The fourth-order valence-electron chi connectivity index (χ4n) is 3.07. The third-order valence-electron chi connectivity index (χ3n) is 4.88. The predicted octanol–water partition coefficient (Wildman–Crippen LogP) is 3.35. The summed E-state index contributed by atoms with van der Waals surface area (Å²) in [6, 6.07) is 7.67. The van der Waals surface area contributed by atoms with Crippen molar-refractivity contribution in [3.05, 3.63) is 24.3 Å². The second kappa shape index (κ2) is 8.20. The molecule has 1 fully saturated rings. The molecule has 0 unspecified atom stereocenters. The van der Waals surface area contributed by atoms with Gasteiger partial charge < -0.3 is 20.6 Å². The van der Waals surface area contributed by atoms with E-state index in [0.29, 0.717) is 12.8 Å². The summed E-state index contributed by atoms with van der Waals surface area (Å²) in [5.41, 5.74) is 1.35. The molecule has 2 amide bonds. The molecule has 0 spiro atoms. The average Bonchev–Trinajstić information content (AvgIpc) is 2.61. The average molecular weight is 319 g/mol. The monoisotopic (exact) mass is 319 g/mol. The summed E-state index contributed by atoms with van der Waals surface area (Å²) in [6.45, 7) is 5.96. The first-order chi connectivity index (χ1) is 11.1. The van der Waals surface area contributed by atoms with Crippen LogP contribution in [0.15, 0.2) is 24.3 Å². The molecule has 1 aliphatic rings. The van der Waals surface area contributed by atoms with Gasteiger partial charge in [0, 0.05) is 13.1 Å². The Balaban J connectivity index is 2.09. The van der Waals surface area contributed by atoms with Crippen LogP contribution in [0.3, 0.4) is 0 Å². The number of urea groups is 1. The Kier molecular flexibility index (Phi) is 6.28. The Morgan fingerprint density at radius 3 is 2.43 bits per heavy atom. The molecule has 1 heterocycles. The minimum atomic E-state index is -0.551. The topological polar surface area (TPSA) is 64.6 Å². The maximum atomic E-state index is 12.4. The van der Waals surface area contributed by atoms with E-state index in [1.807, 2.05) is 32.0 Å². The number of rotatable bonds is 6. The number of carbonyl (C=O) groups excluding carboxylic acids is 1. The zero-order valence-corrected chi connectivity index (χ0v) is 14.3. The van der Waals surface area contributed by atoms with Crippen molar-refractivity contribution < 1.29 is 9.90 Å². The SMILES string of the molecule is CCC(CC)(CO)NC(=O)Nc1ccccc1N1CCCCC1. The molecule has 5 nitrogen and oxygen atoms in total. The van der Waals surface area contributed by atoms with E-state index in [1.54, 1.807) is 0 Å². The highest BCUT2D eigenvalue weighted by Gasteiger charge is 2.27. The number of anilines is 2. The number of aliphatic hydroxyl groups is 1. The van der Waals surface area contributed by atoms with Crippen molar-refractivity contribution >= 4 is 17.4 Å². The molecule has 3 N–H and O–H groups in total. The van der Waals surface area contributed by atoms with Crippen LogP contribution in [0.25, 0.3) is 0 Å². The van der Waals surface area contributed by atoms with Crippen LogP contribution in [-0.4, -0.2) is 36.4 Å². The second-order valence-corrected chi connectivity index (χ2v) is 6.29. The van der Waals surface area contributed by atoms with Crippen molar-refractivity contribution in [1.29, 1.82) is 0 Å². The molecule has 5 heteroatoms. The summed E-state index contributed by atoms with van der Waals surface area (Å²) in [4.78, 5) is 14.7. The largest absolute Gasteiger partial charge is 0.394 e. The van der Waals surface area contributed by atoms with E-state index in [-0.39, 0.29) is 12.6 Å². The maximum absolute atomic E-state index is 12.4. The third-order valence-corrected chi connectivity index (χ3v) is 4.88. The molecule has 1 aromatic carbocycles. The Morgan fingerprint density at radius 2 is 1.83 bits per heavy atom. The van der Waals surface area contributed by atoms with Crippen LogP contribution in [0.2, 0.25) is 0 Å². The van der Waals surface area contributed by atoms with Crippen LogP contribution in [0.1, 0.15) is 46.0 Å². The van der Waals surface area contributed by atoms with E-state index in [4.69, 9.17) is 0 Å². The van der Waals surface area contributed by atoms with Crippen molar-refractivity contribution in [3.8, 4) is 0 Å². The summed E-state index contributed by atoms with van der Waals surface area (Å²) in [5, 5.41) is 15.5. The molecular weight excluding hydrogens is 290 g/mol. The molecule has 1 aromatic rings. The molecule has 1 saturated heterocycles. The van der Waals surface area contributed by atoms with Gasteiger partial charge in [-0.2, -0.15) is 0 Å². The molecular formula is C18H29N3O2. The number of para-hydroxylation sites is 2. The Labute approximate surface area is 139 Å². The molecule has 0 saturated carbocycles. The lowest BCUT2D eigenvalue weighted by Gasteiger charge is -2.32. The Morgan fingerprint density at radius 1 is 1.17 bits per heavy atom. The number of carbonyl (C=O) groups is 1. The van der Waals surface area contributed by atoms with Gasteiger partial charge in [-0.3, -0.25) is 0 Å². The van der Waals surface area contributed by atoms with Crippen LogP contribution in [0.5, 0.6) is 0 Å². The number of benzene rings is 1. The highest BCUT2D eigenvalue weighted by Crippen LogP contribution is 2.28. The summed E-state index contributed by atoms with van der Waals surface area (Å²) in [7, 11) is 0. The number of piperidine rings is 1. The molecule has 0 radical (unpaired) electrons. The van der Waals surface area contributed by atoms with Gasteiger partial charge >= 0.3 is 6.03 Å². The van der Waals surface area contributed by atoms with Gasteiger partial charge in [-0.25, -0.2) is 4.79 Å². The third kappa shape index (κ3) is 4.38. The van der Waals surface area contributed by atoms with Crippen LogP contribution in [-0.2, 0) is 0 Å². The number of nitrogens with one attached hydrogen (secondary N) is 2. The van der Waals surface area contributed by atoms with Crippen molar-refractivity contribution in [1.82, 2.24) is 5.32 Å². The summed E-state index contributed by atoms with van der Waals surface area (Å²) in [5.74, 6) is 0. The van der Waals surface area contributed by atoms with Crippen molar-refractivity contribution in [2.24, 2.45) is 0 Å². The Hall–Kier alpha value is -1.75. The van der Waals surface area contributed by atoms with Crippen molar-refractivity contribution in [2.75, 3.05) is 29.9 Å². The highest BCUT2D eigenvalue weighted by atomic mass is 16.3. The molecule has 0 aliphatic carbocycles. The van der Waals surface area contributed by atoms with Crippen molar-refractivity contribution in [3.63, 3.8) is 0 Å². The van der Waals surface area contributed by atoms with Gasteiger partial charge in [0.05, 0.1) is 23.5 Å². The van der Waals surface area contributed by atoms with E-state index in [9.17, 15) is 9.90 Å². The lowest BCUT2D eigenvalue weighted by atomic mass is 9.94. The fourth-order valence-corrected chi connectivity index (χ4v) is 3.07. The number of amides is 2. The maximum Gasteiger partial charge on any atom is 0.319 e. The van der Waals surface area contributed by atoms with E-state index >= 15 is 0 Å². The van der Waals surface area contributed by atoms with Gasteiger partial charge in [0.1, 0.15) is 0 Å². The van der Waals surface area contributed by atoms with Gasteiger partial charge in [0.25, 0.3) is 0 Å². The van der Waals surface area contributed by atoms with E-state index in [1.165, 1.54) is 19.3 Å². The summed E-state index contributed by atoms with van der Waals surface area (Å²) in [6.07, 6.45) is 5.06. The molecule has 0 aromatic heterocycles. The quantitative estimate of drug-likeness (QED) is 0.753. The number of hydrogen-bond donors (Lipinski definition) is 3.